The number of hydrogen-bond donors (Lipinski definition) is 2. The second-order valence-electron chi connectivity index (χ2n) is 7.49. The Morgan fingerprint density at radius 2 is 1.76 bits per heavy atom. The first-order chi connectivity index (χ1) is 11.9. The molecule has 1 aliphatic heterocycles. The van der Waals surface area contributed by atoms with E-state index in [1.807, 2.05) is 0 Å². The van der Waals surface area contributed by atoms with E-state index in [1.165, 1.54) is 18.2 Å². The van der Waals surface area contributed by atoms with E-state index in [4.69, 9.17) is 5.73 Å². The minimum absolute atomic E-state index is 0.233. The van der Waals surface area contributed by atoms with Crippen LogP contribution in [-0.2, 0) is 5.41 Å². The lowest BCUT2D eigenvalue weighted by molar-refractivity contribution is 0.100. The summed E-state index contributed by atoms with van der Waals surface area (Å²) >= 11 is 0. The molecule has 5 heteroatoms. The summed E-state index contributed by atoms with van der Waals surface area (Å²) in [5, 5.41) is 3.24. The zero-order valence-electron chi connectivity index (χ0n) is 14.0. The number of fused-ring (bicyclic) bond motifs is 1. The zero-order chi connectivity index (χ0) is 17.8. The van der Waals surface area contributed by atoms with E-state index >= 15 is 0 Å². The van der Waals surface area contributed by atoms with Gasteiger partial charge in [-0.3, -0.25) is 0 Å². The number of halogens is 3. The van der Waals surface area contributed by atoms with Crippen LogP contribution in [0.5, 0.6) is 0 Å². The van der Waals surface area contributed by atoms with Crippen LogP contribution in [0.1, 0.15) is 36.9 Å². The summed E-state index contributed by atoms with van der Waals surface area (Å²) in [7, 11) is 0. The lowest BCUT2D eigenvalue weighted by Crippen LogP contribution is -2.45. The number of nitrogens with one attached hydrogen (secondary N) is 1. The topological polar surface area (TPSA) is 38.0 Å². The Labute approximate surface area is 145 Å². The Hall–Kier alpha value is -2.01. The van der Waals surface area contributed by atoms with E-state index < -0.39 is 17.0 Å². The second kappa shape index (κ2) is 5.77. The maximum Gasteiger partial charge on any atom is 0.149 e. The lowest BCUT2D eigenvalue weighted by Gasteiger charge is -2.48. The van der Waals surface area contributed by atoms with Crippen LogP contribution in [0.3, 0.4) is 0 Å². The van der Waals surface area contributed by atoms with Gasteiger partial charge in [-0.1, -0.05) is 19.1 Å². The SMILES string of the molecule is CC1(C2CC(CN)C2)c2cc(F)cc(F)c2NC1c1ccc(F)cc1. The molecule has 2 unspecified atom stereocenters. The van der Waals surface area contributed by atoms with Gasteiger partial charge in [-0.05, 0) is 60.5 Å². The van der Waals surface area contributed by atoms with Crippen LogP contribution in [-0.4, -0.2) is 6.54 Å². The number of hydrogen-bond acceptors (Lipinski definition) is 2. The average Bonchev–Trinajstić information content (AvgIpc) is 2.82. The molecule has 2 aromatic carbocycles. The molecule has 1 aliphatic carbocycles. The van der Waals surface area contributed by atoms with Crippen LogP contribution in [0, 0.1) is 29.3 Å². The predicted octanol–water partition coefficient (Wildman–Crippen LogP) is 4.51. The molecule has 1 fully saturated rings. The summed E-state index contributed by atoms with van der Waals surface area (Å²) in [6.07, 6.45) is 1.87. The molecule has 4 rings (SSSR count). The van der Waals surface area contributed by atoms with Gasteiger partial charge in [-0.25, -0.2) is 13.2 Å². The third-order valence-electron chi connectivity index (χ3n) is 6.14. The maximum atomic E-state index is 14.4. The standard InChI is InChI=1S/C20H21F3N2/c1-20(13-6-11(7-13)10-24)16-8-15(22)9-17(23)18(16)25-19(20)12-2-4-14(21)5-3-12/h2-5,8-9,11,13,19,25H,6-7,10,24H2,1H3. The molecule has 0 spiro atoms. The van der Waals surface area contributed by atoms with Gasteiger partial charge in [-0.2, -0.15) is 0 Å². The average molecular weight is 346 g/mol. The fraction of sp³-hybridized carbons (Fsp3) is 0.400. The van der Waals surface area contributed by atoms with E-state index in [2.05, 4.69) is 12.2 Å². The minimum Gasteiger partial charge on any atom is -0.375 e. The fourth-order valence-electron chi connectivity index (χ4n) is 4.55. The number of benzene rings is 2. The van der Waals surface area contributed by atoms with Crippen molar-refractivity contribution in [2.45, 2.75) is 31.2 Å². The van der Waals surface area contributed by atoms with E-state index in [1.54, 1.807) is 12.1 Å². The van der Waals surface area contributed by atoms with Crippen LogP contribution in [0.4, 0.5) is 18.9 Å². The third kappa shape index (κ3) is 2.44. The van der Waals surface area contributed by atoms with Crippen molar-refractivity contribution < 1.29 is 13.2 Å². The molecule has 0 bridgehead atoms. The first-order valence-corrected chi connectivity index (χ1v) is 8.65. The summed E-state index contributed by atoms with van der Waals surface area (Å²) in [5.74, 6) is -0.742. The van der Waals surface area contributed by atoms with E-state index in [9.17, 15) is 13.2 Å². The number of nitrogens with two attached hydrogens (primary N) is 1. The predicted molar refractivity (Wildman–Crippen MR) is 91.7 cm³/mol. The molecule has 1 saturated carbocycles. The Morgan fingerprint density at radius 3 is 2.40 bits per heavy atom. The fourth-order valence-corrected chi connectivity index (χ4v) is 4.55. The Morgan fingerprint density at radius 1 is 1.08 bits per heavy atom. The van der Waals surface area contributed by atoms with Crippen LogP contribution < -0.4 is 11.1 Å². The number of rotatable bonds is 3. The summed E-state index contributed by atoms with van der Waals surface area (Å²) < 4.78 is 41.7. The van der Waals surface area contributed by atoms with E-state index in [-0.39, 0.29) is 17.8 Å². The van der Waals surface area contributed by atoms with Gasteiger partial charge in [0.15, 0.2) is 0 Å². The quantitative estimate of drug-likeness (QED) is 0.858. The highest BCUT2D eigenvalue weighted by atomic mass is 19.1. The molecule has 2 atom stereocenters. The van der Waals surface area contributed by atoms with Gasteiger partial charge in [0, 0.05) is 11.5 Å². The van der Waals surface area contributed by atoms with Gasteiger partial charge in [0.25, 0.3) is 0 Å². The van der Waals surface area contributed by atoms with Gasteiger partial charge < -0.3 is 11.1 Å². The van der Waals surface area contributed by atoms with Crippen molar-refractivity contribution in [1.29, 1.82) is 0 Å². The maximum absolute atomic E-state index is 14.4. The molecule has 0 aromatic heterocycles. The summed E-state index contributed by atoms with van der Waals surface area (Å²) in [6, 6.07) is 8.34. The molecule has 3 N–H and O–H groups in total. The molecule has 2 aromatic rings. The minimum atomic E-state index is -0.583. The first-order valence-electron chi connectivity index (χ1n) is 8.65. The Bertz CT molecular complexity index is 799. The molecular formula is C20H21F3N2. The number of anilines is 1. The molecule has 2 aliphatic rings. The summed E-state index contributed by atoms with van der Waals surface area (Å²) in [6.45, 7) is 2.68. The van der Waals surface area contributed by atoms with Gasteiger partial charge in [0.1, 0.15) is 17.5 Å². The zero-order valence-corrected chi connectivity index (χ0v) is 14.0. The van der Waals surface area contributed by atoms with Gasteiger partial charge in [0.05, 0.1) is 11.7 Å². The van der Waals surface area contributed by atoms with Crippen molar-refractivity contribution >= 4 is 5.69 Å². The largest absolute Gasteiger partial charge is 0.375 e. The Balaban J connectivity index is 1.81. The van der Waals surface area contributed by atoms with Crippen molar-refractivity contribution in [3.63, 3.8) is 0 Å². The molecular weight excluding hydrogens is 325 g/mol. The van der Waals surface area contributed by atoms with Crippen molar-refractivity contribution in [3.05, 3.63) is 65.0 Å². The van der Waals surface area contributed by atoms with Crippen LogP contribution >= 0.6 is 0 Å². The van der Waals surface area contributed by atoms with Crippen LogP contribution in [0.25, 0.3) is 0 Å². The van der Waals surface area contributed by atoms with Crippen molar-refractivity contribution in [2.75, 3.05) is 11.9 Å². The van der Waals surface area contributed by atoms with Crippen LogP contribution in [0.2, 0.25) is 0 Å². The highest BCUT2D eigenvalue weighted by Gasteiger charge is 2.53. The third-order valence-corrected chi connectivity index (χ3v) is 6.14. The molecule has 0 radical (unpaired) electrons. The van der Waals surface area contributed by atoms with Crippen molar-refractivity contribution in [3.8, 4) is 0 Å². The summed E-state index contributed by atoms with van der Waals surface area (Å²) in [4.78, 5) is 0. The molecule has 0 amide bonds. The van der Waals surface area contributed by atoms with Gasteiger partial charge >= 0.3 is 0 Å². The summed E-state index contributed by atoms with van der Waals surface area (Å²) in [5.41, 5.74) is 7.19. The Kier molecular flexibility index (Phi) is 3.80. The first kappa shape index (κ1) is 16.5. The molecule has 132 valence electrons. The van der Waals surface area contributed by atoms with Crippen molar-refractivity contribution in [1.82, 2.24) is 0 Å². The van der Waals surface area contributed by atoms with E-state index in [0.717, 1.165) is 24.5 Å². The smallest absolute Gasteiger partial charge is 0.149 e. The second-order valence-corrected chi connectivity index (χ2v) is 7.49. The molecule has 2 nitrogen and oxygen atoms in total. The normalized spacial score (nSPS) is 30.5. The van der Waals surface area contributed by atoms with E-state index in [0.29, 0.717) is 23.7 Å². The van der Waals surface area contributed by atoms with Gasteiger partial charge in [-0.15, -0.1) is 0 Å². The lowest BCUT2D eigenvalue weighted by atomic mass is 9.56. The van der Waals surface area contributed by atoms with Gasteiger partial charge in [0.2, 0.25) is 0 Å². The van der Waals surface area contributed by atoms with Crippen LogP contribution in [0.15, 0.2) is 36.4 Å². The van der Waals surface area contributed by atoms with Crippen molar-refractivity contribution in [2.24, 2.45) is 17.6 Å². The monoisotopic (exact) mass is 346 g/mol. The molecule has 0 saturated heterocycles. The highest BCUT2D eigenvalue weighted by Crippen LogP contribution is 2.59. The molecule has 25 heavy (non-hydrogen) atoms. The highest BCUT2D eigenvalue weighted by molar-refractivity contribution is 5.65. The molecule has 1 heterocycles.